The van der Waals surface area contributed by atoms with Gasteiger partial charge in [-0.1, -0.05) is 12.1 Å². The Morgan fingerprint density at radius 3 is 2.29 bits per heavy atom. The van der Waals surface area contributed by atoms with Crippen LogP contribution in [0.4, 0.5) is 0 Å². The van der Waals surface area contributed by atoms with Gasteiger partial charge in [-0.2, -0.15) is 0 Å². The summed E-state index contributed by atoms with van der Waals surface area (Å²) in [5.41, 5.74) is 3.41. The van der Waals surface area contributed by atoms with Gasteiger partial charge in [0.2, 0.25) is 0 Å². The number of nitrogens with one attached hydrogen (secondary N) is 2. The van der Waals surface area contributed by atoms with Crippen LogP contribution in [0.15, 0.2) is 24.3 Å². The van der Waals surface area contributed by atoms with E-state index >= 15 is 0 Å². The van der Waals surface area contributed by atoms with E-state index in [1.807, 2.05) is 12.1 Å². The lowest BCUT2D eigenvalue weighted by atomic mass is 10.1. The molecule has 1 heterocycles. The average molecular weight is 385 g/mol. The van der Waals surface area contributed by atoms with Crippen molar-refractivity contribution < 1.29 is 19.1 Å². The van der Waals surface area contributed by atoms with Crippen molar-refractivity contribution in [3.63, 3.8) is 0 Å². The van der Waals surface area contributed by atoms with Gasteiger partial charge >= 0.3 is 5.97 Å². The molecule has 0 spiro atoms. The highest BCUT2D eigenvalue weighted by Gasteiger charge is 2.25. The van der Waals surface area contributed by atoms with Crippen LogP contribution in [0.2, 0.25) is 0 Å². The molecule has 7 nitrogen and oxygen atoms in total. The fourth-order valence-corrected chi connectivity index (χ4v) is 2.99. The van der Waals surface area contributed by atoms with Gasteiger partial charge in [0.25, 0.3) is 11.8 Å². The fourth-order valence-electron chi connectivity index (χ4n) is 2.99. The van der Waals surface area contributed by atoms with Crippen LogP contribution < -0.4 is 5.32 Å². The zero-order chi connectivity index (χ0) is 21.0. The molecule has 0 radical (unpaired) electrons. The Kier molecular flexibility index (Phi) is 6.62. The number of carbonyl (C=O) groups excluding carboxylic acids is 3. The zero-order valence-corrected chi connectivity index (χ0v) is 17.2. The number of hydrogen-bond donors (Lipinski definition) is 2. The molecule has 0 aliphatic rings. The molecule has 150 valence electrons. The summed E-state index contributed by atoms with van der Waals surface area (Å²) in [6.07, 6.45) is -0.235. The summed E-state index contributed by atoms with van der Waals surface area (Å²) < 4.78 is 5.27. The topological polar surface area (TPSA) is 91.5 Å². The molecule has 7 heteroatoms. The van der Waals surface area contributed by atoms with E-state index in [-0.39, 0.29) is 17.9 Å². The molecule has 2 N–H and O–H groups in total. The molecule has 0 aliphatic heterocycles. The summed E-state index contributed by atoms with van der Waals surface area (Å²) in [5.74, 6) is -0.818. The second-order valence-electron chi connectivity index (χ2n) is 7.02. The van der Waals surface area contributed by atoms with E-state index in [1.165, 1.54) is 0 Å². The number of aryl methyl sites for hydroxylation is 1. The van der Waals surface area contributed by atoms with E-state index in [2.05, 4.69) is 10.3 Å². The average Bonchev–Trinajstić information content (AvgIpc) is 2.94. The molecule has 2 rings (SSSR count). The smallest absolute Gasteiger partial charge is 0.340 e. The number of benzene rings is 1. The third kappa shape index (κ3) is 4.60. The number of ether oxygens (including phenoxy) is 1. The quantitative estimate of drug-likeness (QED) is 0.748. The maximum Gasteiger partial charge on any atom is 0.340 e. The fraction of sp³-hybridized carbons (Fsp3) is 0.381. The molecule has 0 atom stereocenters. The standard InChI is InChI=1S/C21H27N3O4/c1-12(2)28-21(27)17-13(3)18(23-14(17)4)20(26)24(6)11-15-7-9-16(10-8-15)19(25)22-5/h7-10,12,23H,11H2,1-6H3,(H,22,25). The van der Waals surface area contributed by atoms with E-state index in [1.54, 1.807) is 58.8 Å². The summed E-state index contributed by atoms with van der Waals surface area (Å²) in [6, 6.07) is 7.06. The Hall–Kier alpha value is -3.09. The number of amides is 2. The van der Waals surface area contributed by atoms with Crippen LogP contribution in [0.25, 0.3) is 0 Å². The van der Waals surface area contributed by atoms with Crippen molar-refractivity contribution in [2.75, 3.05) is 14.1 Å². The highest BCUT2D eigenvalue weighted by atomic mass is 16.5. The second-order valence-corrected chi connectivity index (χ2v) is 7.02. The van der Waals surface area contributed by atoms with Crippen LogP contribution in [-0.2, 0) is 11.3 Å². The van der Waals surface area contributed by atoms with Gasteiger partial charge in [0.1, 0.15) is 5.69 Å². The number of nitrogens with zero attached hydrogens (tertiary/aromatic N) is 1. The largest absolute Gasteiger partial charge is 0.459 e. The predicted octanol–water partition coefficient (Wildman–Crippen LogP) is 2.83. The number of rotatable bonds is 6. The monoisotopic (exact) mass is 385 g/mol. The van der Waals surface area contributed by atoms with Crippen LogP contribution >= 0.6 is 0 Å². The lowest BCUT2D eigenvalue weighted by Crippen LogP contribution is -2.27. The zero-order valence-electron chi connectivity index (χ0n) is 17.2. The number of aromatic amines is 1. The molecule has 0 fully saturated rings. The van der Waals surface area contributed by atoms with Gasteiger partial charge in [-0.3, -0.25) is 9.59 Å². The van der Waals surface area contributed by atoms with Crippen molar-refractivity contribution in [3.8, 4) is 0 Å². The Bertz CT molecular complexity index is 882. The van der Waals surface area contributed by atoms with E-state index < -0.39 is 5.97 Å². The van der Waals surface area contributed by atoms with Crippen molar-refractivity contribution in [1.82, 2.24) is 15.2 Å². The van der Waals surface area contributed by atoms with Gasteiger partial charge in [0, 0.05) is 31.9 Å². The molecular formula is C21H27N3O4. The first-order valence-corrected chi connectivity index (χ1v) is 9.12. The van der Waals surface area contributed by atoms with E-state index in [0.717, 1.165) is 5.56 Å². The number of esters is 1. The van der Waals surface area contributed by atoms with Gasteiger partial charge in [0.05, 0.1) is 11.7 Å². The molecule has 0 bridgehead atoms. The highest BCUT2D eigenvalue weighted by molar-refractivity contribution is 6.00. The molecule has 2 aromatic rings. The Morgan fingerprint density at radius 2 is 1.75 bits per heavy atom. The van der Waals surface area contributed by atoms with Crippen LogP contribution in [-0.4, -0.2) is 47.9 Å². The summed E-state index contributed by atoms with van der Waals surface area (Å²) >= 11 is 0. The number of aromatic nitrogens is 1. The first kappa shape index (κ1) is 21.2. The molecule has 0 saturated carbocycles. The summed E-state index contributed by atoms with van der Waals surface area (Å²) in [7, 11) is 3.27. The van der Waals surface area contributed by atoms with Crippen molar-refractivity contribution >= 4 is 17.8 Å². The third-order valence-electron chi connectivity index (χ3n) is 4.41. The lowest BCUT2D eigenvalue weighted by molar-refractivity contribution is 0.0376. The number of carbonyl (C=O) groups is 3. The molecule has 1 aromatic carbocycles. The van der Waals surface area contributed by atoms with Crippen LogP contribution in [0, 0.1) is 13.8 Å². The molecule has 28 heavy (non-hydrogen) atoms. The number of hydrogen-bond acceptors (Lipinski definition) is 4. The Morgan fingerprint density at radius 1 is 1.14 bits per heavy atom. The van der Waals surface area contributed by atoms with Gasteiger partial charge < -0.3 is 19.9 Å². The van der Waals surface area contributed by atoms with E-state index in [4.69, 9.17) is 4.74 Å². The lowest BCUT2D eigenvalue weighted by Gasteiger charge is -2.17. The van der Waals surface area contributed by atoms with Crippen LogP contribution in [0.3, 0.4) is 0 Å². The minimum absolute atomic E-state index is 0.158. The maximum atomic E-state index is 12.9. The molecule has 2 amide bonds. The van der Waals surface area contributed by atoms with Crippen LogP contribution in [0.5, 0.6) is 0 Å². The summed E-state index contributed by atoms with van der Waals surface area (Å²) in [6.45, 7) is 7.42. The molecule has 0 saturated heterocycles. The predicted molar refractivity (Wildman–Crippen MR) is 106 cm³/mol. The Balaban J connectivity index is 2.17. The minimum atomic E-state index is -0.437. The van der Waals surface area contributed by atoms with Crippen molar-refractivity contribution in [1.29, 1.82) is 0 Å². The van der Waals surface area contributed by atoms with Crippen LogP contribution in [0.1, 0.15) is 61.9 Å². The van der Waals surface area contributed by atoms with Gasteiger partial charge in [0.15, 0.2) is 0 Å². The number of H-pyrrole nitrogens is 1. The SMILES string of the molecule is CNC(=O)c1ccc(CN(C)C(=O)c2[nH]c(C)c(C(=O)OC(C)C)c2C)cc1. The molecule has 1 aromatic heterocycles. The highest BCUT2D eigenvalue weighted by Crippen LogP contribution is 2.21. The van der Waals surface area contributed by atoms with Crippen molar-refractivity contribution in [2.45, 2.75) is 40.3 Å². The van der Waals surface area contributed by atoms with Gasteiger partial charge in [-0.05, 0) is 51.0 Å². The second kappa shape index (κ2) is 8.73. The van der Waals surface area contributed by atoms with Gasteiger partial charge in [-0.25, -0.2) is 4.79 Å². The van der Waals surface area contributed by atoms with Crippen molar-refractivity contribution in [2.24, 2.45) is 0 Å². The molecule has 0 aliphatic carbocycles. The van der Waals surface area contributed by atoms with Gasteiger partial charge in [-0.15, -0.1) is 0 Å². The maximum absolute atomic E-state index is 12.9. The third-order valence-corrected chi connectivity index (χ3v) is 4.41. The first-order valence-electron chi connectivity index (χ1n) is 9.12. The van der Waals surface area contributed by atoms with E-state index in [9.17, 15) is 14.4 Å². The first-order chi connectivity index (χ1) is 13.1. The normalized spacial score (nSPS) is 10.7. The van der Waals surface area contributed by atoms with E-state index in [0.29, 0.717) is 34.6 Å². The minimum Gasteiger partial charge on any atom is -0.459 e. The summed E-state index contributed by atoms with van der Waals surface area (Å²) in [4.78, 5) is 41.4. The Labute approximate surface area is 165 Å². The summed E-state index contributed by atoms with van der Waals surface area (Å²) in [5, 5.41) is 2.57. The molecule has 0 unspecified atom stereocenters. The van der Waals surface area contributed by atoms with Crippen molar-refractivity contribution in [3.05, 3.63) is 57.9 Å². The molecular weight excluding hydrogens is 358 g/mol.